The van der Waals surface area contributed by atoms with Gasteiger partial charge < -0.3 is 4.90 Å². The average molecular weight is 249 g/mol. The fourth-order valence-corrected chi connectivity index (χ4v) is 2.52. The van der Waals surface area contributed by atoms with Crippen LogP contribution in [0.4, 0.5) is 4.39 Å². The van der Waals surface area contributed by atoms with Crippen LogP contribution in [0.15, 0.2) is 24.3 Å². The monoisotopic (exact) mass is 249 g/mol. The Morgan fingerprint density at radius 3 is 3.06 bits per heavy atom. The Hall–Kier alpha value is -1.38. The van der Waals surface area contributed by atoms with Crippen molar-refractivity contribution in [1.29, 1.82) is 0 Å². The lowest BCUT2D eigenvalue weighted by Crippen LogP contribution is -2.39. The van der Waals surface area contributed by atoms with Crippen molar-refractivity contribution in [3.63, 3.8) is 0 Å². The molecular formula is C15H20FNO. The van der Waals surface area contributed by atoms with E-state index < -0.39 is 0 Å². The van der Waals surface area contributed by atoms with Gasteiger partial charge in [-0.2, -0.15) is 0 Å². The van der Waals surface area contributed by atoms with E-state index in [4.69, 9.17) is 0 Å². The zero-order chi connectivity index (χ0) is 13.0. The summed E-state index contributed by atoms with van der Waals surface area (Å²) in [6, 6.07) is 6.50. The maximum atomic E-state index is 13.0. The first-order chi connectivity index (χ1) is 8.65. The predicted molar refractivity (Wildman–Crippen MR) is 69.7 cm³/mol. The molecule has 0 N–H and O–H groups in total. The molecule has 0 spiro atoms. The average Bonchev–Trinajstić information content (AvgIpc) is 2.36. The minimum Gasteiger partial charge on any atom is -0.342 e. The third kappa shape index (κ3) is 3.56. The van der Waals surface area contributed by atoms with Crippen molar-refractivity contribution in [3.05, 3.63) is 35.6 Å². The van der Waals surface area contributed by atoms with Crippen LogP contribution < -0.4 is 0 Å². The van der Waals surface area contributed by atoms with E-state index in [0.29, 0.717) is 18.8 Å². The molecule has 1 fully saturated rings. The van der Waals surface area contributed by atoms with Gasteiger partial charge in [-0.1, -0.05) is 19.1 Å². The van der Waals surface area contributed by atoms with Gasteiger partial charge in [-0.3, -0.25) is 4.79 Å². The van der Waals surface area contributed by atoms with Crippen molar-refractivity contribution < 1.29 is 9.18 Å². The minimum atomic E-state index is -0.230. The summed E-state index contributed by atoms with van der Waals surface area (Å²) >= 11 is 0. The summed E-state index contributed by atoms with van der Waals surface area (Å²) in [6.07, 6.45) is 3.43. The number of hydrogen-bond acceptors (Lipinski definition) is 1. The molecule has 0 aromatic heterocycles. The Bertz CT molecular complexity index is 419. The number of carbonyl (C=O) groups excluding carboxylic acids is 1. The third-order valence-corrected chi connectivity index (χ3v) is 3.53. The second-order valence-electron chi connectivity index (χ2n) is 5.22. The van der Waals surface area contributed by atoms with E-state index in [1.807, 2.05) is 11.0 Å². The summed E-state index contributed by atoms with van der Waals surface area (Å²) in [5.41, 5.74) is 0.897. The first-order valence-electron chi connectivity index (χ1n) is 6.67. The normalized spacial score (nSPS) is 19.9. The summed E-state index contributed by atoms with van der Waals surface area (Å²) < 4.78 is 13.0. The summed E-state index contributed by atoms with van der Waals surface area (Å²) in [4.78, 5) is 14.0. The second-order valence-corrected chi connectivity index (χ2v) is 5.22. The SMILES string of the molecule is CC1CCCN(C(=O)CCc2cccc(F)c2)C1. The topological polar surface area (TPSA) is 20.3 Å². The van der Waals surface area contributed by atoms with Crippen LogP contribution in [0.25, 0.3) is 0 Å². The number of rotatable bonds is 3. The summed E-state index contributed by atoms with van der Waals surface area (Å²) in [7, 11) is 0. The molecule has 0 radical (unpaired) electrons. The van der Waals surface area contributed by atoms with E-state index >= 15 is 0 Å². The molecule has 1 heterocycles. The summed E-state index contributed by atoms with van der Waals surface area (Å²) in [5, 5.41) is 0. The molecule has 0 bridgehead atoms. The fourth-order valence-electron chi connectivity index (χ4n) is 2.52. The van der Waals surface area contributed by atoms with Crippen LogP contribution in [0.3, 0.4) is 0 Å². The zero-order valence-corrected chi connectivity index (χ0v) is 10.9. The summed E-state index contributed by atoms with van der Waals surface area (Å²) in [5.74, 6) is 0.578. The standard InChI is InChI=1S/C15H20FNO/c1-12-4-3-9-17(11-12)15(18)8-7-13-5-2-6-14(16)10-13/h2,5-6,10,12H,3-4,7-9,11H2,1H3. The molecule has 1 unspecified atom stereocenters. The molecule has 1 aromatic rings. The highest BCUT2D eigenvalue weighted by Crippen LogP contribution is 2.17. The molecular weight excluding hydrogens is 229 g/mol. The number of likely N-dealkylation sites (tertiary alicyclic amines) is 1. The van der Waals surface area contributed by atoms with E-state index in [-0.39, 0.29) is 11.7 Å². The number of piperidine rings is 1. The number of aryl methyl sites for hydroxylation is 1. The van der Waals surface area contributed by atoms with Gasteiger partial charge in [0.2, 0.25) is 5.91 Å². The van der Waals surface area contributed by atoms with Gasteiger partial charge >= 0.3 is 0 Å². The number of amides is 1. The van der Waals surface area contributed by atoms with E-state index in [1.54, 1.807) is 6.07 Å². The van der Waals surface area contributed by atoms with Gasteiger partial charge in [0.05, 0.1) is 0 Å². The number of halogens is 1. The number of carbonyl (C=O) groups is 1. The van der Waals surface area contributed by atoms with Gasteiger partial charge in [0.15, 0.2) is 0 Å². The summed E-state index contributed by atoms with van der Waals surface area (Å²) in [6.45, 7) is 3.94. The molecule has 1 aliphatic rings. The van der Waals surface area contributed by atoms with Gasteiger partial charge in [0.25, 0.3) is 0 Å². The van der Waals surface area contributed by atoms with Gasteiger partial charge in [-0.05, 0) is 42.9 Å². The second kappa shape index (κ2) is 5.98. The lowest BCUT2D eigenvalue weighted by molar-refractivity contribution is -0.132. The number of nitrogens with zero attached hydrogens (tertiary/aromatic N) is 1. The smallest absolute Gasteiger partial charge is 0.222 e. The van der Waals surface area contributed by atoms with Crippen LogP contribution in [0.5, 0.6) is 0 Å². The Labute approximate surface area is 108 Å². The van der Waals surface area contributed by atoms with Crippen LogP contribution in [0.2, 0.25) is 0 Å². The van der Waals surface area contributed by atoms with E-state index in [9.17, 15) is 9.18 Å². The van der Waals surface area contributed by atoms with Gasteiger partial charge in [-0.25, -0.2) is 4.39 Å². The third-order valence-electron chi connectivity index (χ3n) is 3.53. The maximum absolute atomic E-state index is 13.0. The largest absolute Gasteiger partial charge is 0.342 e. The van der Waals surface area contributed by atoms with Crippen molar-refractivity contribution in [3.8, 4) is 0 Å². The Morgan fingerprint density at radius 1 is 1.50 bits per heavy atom. The van der Waals surface area contributed by atoms with Crippen molar-refractivity contribution in [2.45, 2.75) is 32.6 Å². The highest BCUT2D eigenvalue weighted by atomic mass is 19.1. The Balaban J connectivity index is 1.84. The van der Waals surface area contributed by atoms with Gasteiger partial charge in [-0.15, -0.1) is 0 Å². The molecule has 2 nitrogen and oxygen atoms in total. The molecule has 1 aromatic carbocycles. The lowest BCUT2D eigenvalue weighted by Gasteiger charge is -2.31. The van der Waals surface area contributed by atoms with Crippen molar-refractivity contribution in [1.82, 2.24) is 4.90 Å². The molecule has 0 saturated carbocycles. The van der Waals surface area contributed by atoms with Crippen molar-refractivity contribution >= 4 is 5.91 Å². The van der Waals surface area contributed by atoms with Crippen molar-refractivity contribution in [2.75, 3.05) is 13.1 Å². The highest BCUT2D eigenvalue weighted by Gasteiger charge is 2.20. The maximum Gasteiger partial charge on any atom is 0.222 e. The molecule has 18 heavy (non-hydrogen) atoms. The molecule has 2 rings (SSSR count). The first kappa shape index (κ1) is 13.1. The fraction of sp³-hybridized carbons (Fsp3) is 0.533. The molecule has 1 aliphatic heterocycles. The van der Waals surface area contributed by atoms with E-state index in [2.05, 4.69) is 6.92 Å². The number of hydrogen-bond donors (Lipinski definition) is 0. The van der Waals surface area contributed by atoms with Gasteiger partial charge in [0.1, 0.15) is 5.82 Å². The van der Waals surface area contributed by atoms with E-state index in [1.165, 1.54) is 18.6 Å². The molecule has 1 atom stereocenters. The minimum absolute atomic E-state index is 0.200. The number of benzene rings is 1. The lowest BCUT2D eigenvalue weighted by atomic mass is 9.99. The van der Waals surface area contributed by atoms with Crippen LogP contribution in [-0.4, -0.2) is 23.9 Å². The molecule has 98 valence electrons. The predicted octanol–water partition coefficient (Wildman–Crippen LogP) is 3.02. The quantitative estimate of drug-likeness (QED) is 0.806. The van der Waals surface area contributed by atoms with Crippen LogP contribution in [0.1, 0.15) is 31.7 Å². The Morgan fingerprint density at radius 2 is 2.33 bits per heavy atom. The molecule has 0 aliphatic carbocycles. The molecule has 1 amide bonds. The van der Waals surface area contributed by atoms with Crippen LogP contribution in [-0.2, 0) is 11.2 Å². The van der Waals surface area contributed by atoms with Gasteiger partial charge in [0, 0.05) is 19.5 Å². The zero-order valence-electron chi connectivity index (χ0n) is 10.9. The van der Waals surface area contributed by atoms with Crippen molar-refractivity contribution in [2.24, 2.45) is 5.92 Å². The van der Waals surface area contributed by atoms with Crippen LogP contribution in [0, 0.1) is 11.7 Å². The molecule has 1 saturated heterocycles. The first-order valence-corrected chi connectivity index (χ1v) is 6.67. The van der Waals surface area contributed by atoms with Crippen LogP contribution >= 0.6 is 0 Å². The Kier molecular flexibility index (Phi) is 4.34. The highest BCUT2D eigenvalue weighted by molar-refractivity contribution is 5.76. The molecule has 3 heteroatoms. The van der Waals surface area contributed by atoms with E-state index in [0.717, 1.165) is 25.1 Å².